The molecule has 1 amide bonds. The second kappa shape index (κ2) is 8.08. The summed E-state index contributed by atoms with van der Waals surface area (Å²) in [6.07, 6.45) is -1.88. The lowest BCUT2D eigenvalue weighted by atomic mass is 10.2. The molecular formula is C16H14F3N7O3. The van der Waals surface area contributed by atoms with E-state index >= 15 is 0 Å². The molecule has 13 heteroatoms. The fourth-order valence-electron chi connectivity index (χ4n) is 2.62. The number of carbonyl (C=O) groups excluding carboxylic acids is 1. The molecule has 3 aromatic rings. The van der Waals surface area contributed by atoms with Crippen LogP contribution in [0.4, 0.5) is 24.8 Å². The molecule has 0 aliphatic rings. The Morgan fingerprint density at radius 2 is 2.03 bits per heavy atom. The van der Waals surface area contributed by atoms with Gasteiger partial charge in [0.2, 0.25) is 17.5 Å². The number of rotatable bonds is 7. The molecule has 10 nitrogen and oxygen atoms in total. The maximum atomic E-state index is 13.7. The van der Waals surface area contributed by atoms with Crippen molar-refractivity contribution in [3.05, 3.63) is 63.5 Å². The molecule has 0 spiro atoms. The summed E-state index contributed by atoms with van der Waals surface area (Å²) in [7, 11) is 0. The minimum atomic E-state index is -3.16. The van der Waals surface area contributed by atoms with Crippen LogP contribution in [0.3, 0.4) is 0 Å². The van der Waals surface area contributed by atoms with Crippen molar-refractivity contribution in [3.8, 4) is 0 Å². The number of hydrogen-bond acceptors (Lipinski definition) is 6. The van der Waals surface area contributed by atoms with Crippen molar-refractivity contribution in [1.82, 2.24) is 24.5 Å². The fourth-order valence-corrected chi connectivity index (χ4v) is 2.62. The Labute approximate surface area is 161 Å². The van der Waals surface area contributed by atoms with Crippen LogP contribution in [0.1, 0.15) is 23.4 Å². The summed E-state index contributed by atoms with van der Waals surface area (Å²) in [5.41, 5.74) is -1.65. The highest BCUT2D eigenvalue weighted by atomic mass is 19.3. The number of amides is 1. The number of nitrogens with one attached hydrogen (secondary N) is 1. The number of nitro groups is 1. The molecule has 1 aromatic carbocycles. The molecule has 0 fully saturated rings. The van der Waals surface area contributed by atoms with Gasteiger partial charge in [-0.2, -0.15) is 5.10 Å². The average Bonchev–Trinajstić information content (AvgIpc) is 3.21. The molecule has 0 aliphatic carbocycles. The second-order valence-corrected chi connectivity index (χ2v) is 5.94. The van der Waals surface area contributed by atoms with Gasteiger partial charge in [-0.05, 0) is 13.0 Å². The van der Waals surface area contributed by atoms with E-state index in [1.807, 2.05) is 0 Å². The molecule has 0 saturated carbocycles. The number of benzene rings is 1. The van der Waals surface area contributed by atoms with Gasteiger partial charge >= 0.3 is 5.69 Å². The van der Waals surface area contributed by atoms with Crippen molar-refractivity contribution in [2.75, 3.05) is 5.32 Å². The molecule has 0 aliphatic heterocycles. The van der Waals surface area contributed by atoms with Crippen LogP contribution in [0.5, 0.6) is 0 Å². The van der Waals surface area contributed by atoms with Crippen molar-refractivity contribution in [2.24, 2.45) is 0 Å². The molecule has 0 saturated heterocycles. The molecule has 152 valence electrons. The number of halogens is 3. The number of hydrogen-bond donors (Lipinski definition) is 1. The smallest absolute Gasteiger partial charge is 0.292 e. The van der Waals surface area contributed by atoms with E-state index in [1.165, 1.54) is 24.0 Å². The van der Waals surface area contributed by atoms with E-state index in [-0.39, 0.29) is 18.2 Å². The van der Waals surface area contributed by atoms with Gasteiger partial charge in [-0.15, -0.1) is 5.10 Å². The Bertz CT molecular complexity index is 1060. The van der Waals surface area contributed by atoms with Crippen molar-refractivity contribution in [3.63, 3.8) is 0 Å². The first-order chi connectivity index (χ1) is 13.8. The van der Waals surface area contributed by atoms with Crippen LogP contribution in [0, 0.1) is 22.9 Å². The van der Waals surface area contributed by atoms with Crippen LogP contribution in [-0.4, -0.2) is 35.4 Å². The highest BCUT2D eigenvalue weighted by molar-refractivity contribution is 5.88. The van der Waals surface area contributed by atoms with Gasteiger partial charge in [0.1, 0.15) is 24.4 Å². The number of carbonyl (C=O) groups is 1. The van der Waals surface area contributed by atoms with Gasteiger partial charge in [-0.3, -0.25) is 24.9 Å². The minimum absolute atomic E-state index is 0.0811. The first-order valence-electron chi connectivity index (χ1n) is 8.18. The van der Waals surface area contributed by atoms with Crippen molar-refractivity contribution >= 4 is 17.5 Å². The lowest BCUT2D eigenvalue weighted by Crippen LogP contribution is -2.21. The molecule has 0 atom stereocenters. The molecule has 0 unspecified atom stereocenters. The van der Waals surface area contributed by atoms with Crippen LogP contribution >= 0.6 is 0 Å². The predicted molar refractivity (Wildman–Crippen MR) is 92.7 cm³/mol. The first-order valence-corrected chi connectivity index (χ1v) is 8.18. The Balaban J connectivity index is 1.69. The van der Waals surface area contributed by atoms with E-state index in [9.17, 15) is 28.1 Å². The summed E-state index contributed by atoms with van der Waals surface area (Å²) in [6, 6.07) is 6.08. The zero-order valence-corrected chi connectivity index (χ0v) is 14.9. The molecule has 0 bridgehead atoms. The van der Waals surface area contributed by atoms with Crippen molar-refractivity contribution < 1.29 is 22.9 Å². The predicted octanol–water partition coefficient (Wildman–Crippen LogP) is 2.45. The van der Waals surface area contributed by atoms with Crippen molar-refractivity contribution in [1.29, 1.82) is 0 Å². The minimum Gasteiger partial charge on any atom is -0.292 e. The topological polar surface area (TPSA) is 121 Å². The van der Waals surface area contributed by atoms with E-state index in [4.69, 9.17) is 0 Å². The highest BCUT2D eigenvalue weighted by Crippen LogP contribution is 2.30. The Hall–Kier alpha value is -3.77. The van der Waals surface area contributed by atoms with Gasteiger partial charge < -0.3 is 0 Å². The number of alkyl halides is 2. The summed E-state index contributed by atoms with van der Waals surface area (Å²) in [5.74, 6) is -1.24. The maximum absolute atomic E-state index is 13.7. The van der Waals surface area contributed by atoms with E-state index in [1.54, 1.807) is 18.2 Å². The van der Waals surface area contributed by atoms with Crippen LogP contribution in [0.25, 0.3) is 0 Å². The molecule has 0 radical (unpaired) electrons. The average molecular weight is 409 g/mol. The zero-order valence-electron chi connectivity index (χ0n) is 14.9. The lowest BCUT2D eigenvalue weighted by Gasteiger charge is -2.04. The molecular weight excluding hydrogens is 395 g/mol. The molecule has 29 heavy (non-hydrogen) atoms. The molecule has 1 N–H and O–H groups in total. The van der Waals surface area contributed by atoms with Gasteiger partial charge in [-0.25, -0.2) is 22.8 Å². The lowest BCUT2D eigenvalue weighted by molar-refractivity contribution is -0.386. The largest absolute Gasteiger partial charge is 0.319 e. The summed E-state index contributed by atoms with van der Waals surface area (Å²) in [6.45, 7) is 0.741. The highest BCUT2D eigenvalue weighted by Gasteiger charge is 2.31. The van der Waals surface area contributed by atoms with E-state index in [0.29, 0.717) is 5.56 Å². The van der Waals surface area contributed by atoms with Crippen LogP contribution in [0.15, 0.2) is 30.6 Å². The summed E-state index contributed by atoms with van der Waals surface area (Å²) in [4.78, 5) is 26.0. The van der Waals surface area contributed by atoms with Crippen LogP contribution in [-0.2, 0) is 17.9 Å². The quantitative estimate of drug-likeness (QED) is 0.473. The van der Waals surface area contributed by atoms with E-state index in [2.05, 4.69) is 20.5 Å². The van der Waals surface area contributed by atoms with Crippen LogP contribution in [0.2, 0.25) is 0 Å². The number of aromatic nitrogens is 5. The Morgan fingerprint density at radius 3 is 2.66 bits per heavy atom. The number of anilines is 1. The van der Waals surface area contributed by atoms with Gasteiger partial charge in [-0.1, -0.05) is 18.2 Å². The summed E-state index contributed by atoms with van der Waals surface area (Å²) < 4.78 is 41.7. The third-order valence-electron chi connectivity index (χ3n) is 3.96. The second-order valence-electron chi connectivity index (χ2n) is 5.94. The molecule has 2 heterocycles. The van der Waals surface area contributed by atoms with Gasteiger partial charge in [0.05, 0.1) is 11.5 Å². The van der Waals surface area contributed by atoms with E-state index < -0.39 is 41.0 Å². The van der Waals surface area contributed by atoms with E-state index in [0.717, 1.165) is 4.68 Å². The van der Waals surface area contributed by atoms with Gasteiger partial charge in [0.15, 0.2) is 0 Å². The van der Waals surface area contributed by atoms with Gasteiger partial charge in [0, 0.05) is 5.56 Å². The third-order valence-corrected chi connectivity index (χ3v) is 3.96. The number of nitrogens with zero attached hydrogens (tertiary/aromatic N) is 6. The summed E-state index contributed by atoms with van der Waals surface area (Å²) >= 11 is 0. The third kappa shape index (κ3) is 4.39. The molecule has 3 rings (SSSR count). The standard InChI is InChI=1S/C16H14F3N7O3/c1-9-14(26(28)29)13(15(18)19)22-25(9)7-12(27)21-16-20-8-24(23-16)6-10-4-2-3-5-11(10)17/h2-5,8,15H,6-7H2,1H3,(H,21,23,27). The Kier molecular flexibility index (Phi) is 5.57. The molecule has 2 aromatic heterocycles. The maximum Gasteiger partial charge on any atom is 0.319 e. The van der Waals surface area contributed by atoms with Crippen molar-refractivity contribution in [2.45, 2.75) is 26.4 Å². The monoisotopic (exact) mass is 409 g/mol. The van der Waals surface area contributed by atoms with Gasteiger partial charge in [0.25, 0.3) is 6.43 Å². The summed E-state index contributed by atoms with van der Waals surface area (Å²) in [5, 5.41) is 20.8. The van der Waals surface area contributed by atoms with Crippen LogP contribution < -0.4 is 5.32 Å². The first kappa shape index (κ1) is 20.0. The zero-order chi connectivity index (χ0) is 21.1. The SMILES string of the molecule is Cc1c([N+](=O)[O-])c(C(F)F)nn1CC(=O)Nc1ncn(Cc2ccccc2F)n1. The normalized spacial score (nSPS) is 11.1. The fraction of sp³-hybridized carbons (Fsp3) is 0.250. The Morgan fingerprint density at radius 1 is 1.31 bits per heavy atom.